The van der Waals surface area contributed by atoms with Crippen LogP contribution < -0.4 is 0 Å². The Morgan fingerprint density at radius 2 is 1.62 bits per heavy atom. The van der Waals surface area contributed by atoms with Gasteiger partial charge in [-0.3, -0.25) is 0 Å². The number of aryl methyl sites for hydroxylation is 1. The molecular formula is C20H22S. The first kappa shape index (κ1) is 14.3. The van der Waals surface area contributed by atoms with Crippen molar-refractivity contribution >= 4 is 21.4 Å². The van der Waals surface area contributed by atoms with E-state index >= 15 is 0 Å². The summed E-state index contributed by atoms with van der Waals surface area (Å²) in [6.07, 6.45) is 6.21. The SMILES string of the molecule is CCCCCc1c(Cc2ccccc2)sc2ccccc12. The van der Waals surface area contributed by atoms with Crippen LogP contribution in [0.1, 0.15) is 42.2 Å². The zero-order valence-electron chi connectivity index (χ0n) is 12.6. The van der Waals surface area contributed by atoms with E-state index in [2.05, 4.69) is 61.5 Å². The van der Waals surface area contributed by atoms with E-state index in [1.165, 1.54) is 41.3 Å². The van der Waals surface area contributed by atoms with Crippen molar-refractivity contribution < 1.29 is 0 Å². The van der Waals surface area contributed by atoms with E-state index in [9.17, 15) is 0 Å². The molecule has 0 radical (unpaired) electrons. The Morgan fingerprint density at radius 3 is 2.43 bits per heavy atom. The zero-order chi connectivity index (χ0) is 14.5. The van der Waals surface area contributed by atoms with Crippen LogP contribution in [-0.4, -0.2) is 0 Å². The molecule has 0 N–H and O–H groups in total. The maximum atomic E-state index is 2.29. The van der Waals surface area contributed by atoms with E-state index in [-0.39, 0.29) is 0 Å². The van der Waals surface area contributed by atoms with Gasteiger partial charge >= 0.3 is 0 Å². The number of fused-ring (bicyclic) bond motifs is 1. The van der Waals surface area contributed by atoms with Gasteiger partial charge in [-0.05, 0) is 35.4 Å². The van der Waals surface area contributed by atoms with E-state index in [1.54, 1.807) is 10.4 Å². The first-order chi connectivity index (χ1) is 10.4. The fourth-order valence-corrected chi connectivity index (χ4v) is 4.19. The fraction of sp³-hybridized carbons (Fsp3) is 0.300. The first-order valence-corrected chi connectivity index (χ1v) is 8.73. The van der Waals surface area contributed by atoms with E-state index < -0.39 is 0 Å². The predicted octanol–water partition coefficient (Wildman–Crippen LogP) is 6.22. The zero-order valence-corrected chi connectivity index (χ0v) is 13.5. The molecule has 0 spiro atoms. The van der Waals surface area contributed by atoms with Crippen LogP contribution in [0, 0.1) is 0 Å². The lowest BCUT2D eigenvalue weighted by Gasteiger charge is -2.05. The Morgan fingerprint density at radius 1 is 0.857 bits per heavy atom. The topological polar surface area (TPSA) is 0 Å². The van der Waals surface area contributed by atoms with Gasteiger partial charge in [0.2, 0.25) is 0 Å². The maximum absolute atomic E-state index is 2.29. The summed E-state index contributed by atoms with van der Waals surface area (Å²) < 4.78 is 1.44. The molecule has 0 nitrogen and oxygen atoms in total. The minimum Gasteiger partial charge on any atom is -0.140 e. The molecule has 0 aliphatic carbocycles. The van der Waals surface area contributed by atoms with Crippen LogP contribution in [0.15, 0.2) is 54.6 Å². The second-order valence-electron chi connectivity index (χ2n) is 5.62. The van der Waals surface area contributed by atoms with Crippen molar-refractivity contribution in [3.63, 3.8) is 0 Å². The second-order valence-corrected chi connectivity index (χ2v) is 6.76. The van der Waals surface area contributed by atoms with E-state index in [0.29, 0.717) is 0 Å². The third kappa shape index (κ3) is 3.36. The quantitative estimate of drug-likeness (QED) is 0.473. The molecule has 2 aromatic carbocycles. The van der Waals surface area contributed by atoms with Crippen molar-refractivity contribution in [3.8, 4) is 0 Å². The molecule has 0 bridgehead atoms. The van der Waals surface area contributed by atoms with Crippen molar-refractivity contribution in [2.24, 2.45) is 0 Å². The number of thiophene rings is 1. The number of unbranched alkanes of at least 4 members (excludes halogenated alkanes) is 2. The van der Waals surface area contributed by atoms with Crippen molar-refractivity contribution in [1.29, 1.82) is 0 Å². The lowest BCUT2D eigenvalue weighted by Crippen LogP contribution is -1.92. The van der Waals surface area contributed by atoms with Gasteiger partial charge in [-0.1, -0.05) is 68.3 Å². The Kier molecular flexibility index (Phi) is 4.72. The van der Waals surface area contributed by atoms with Crippen LogP contribution in [0.4, 0.5) is 0 Å². The highest BCUT2D eigenvalue weighted by Crippen LogP contribution is 2.34. The van der Waals surface area contributed by atoms with E-state index in [4.69, 9.17) is 0 Å². The Bertz CT molecular complexity index is 694. The highest BCUT2D eigenvalue weighted by Gasteiger charge is 2.11. The third-order valence-corrected chi connectivity index (χ3v) is 5.23. The van der Waals surface area contributed by atoms with Gasteiger partial charge < -0.3 is 0 Å². The molecule has 3 aromatic rings. The molecule has 108 valence electrons. The van der Waals surface area contributed by atoms with Crippen molar-refractivity contribution in [3.05, 3.63) is 70.6 Å². The van der Waals surface area contributed by atoms with Crippen LogP contribution >= 0.6 is 11.3 Å². The largest absolute Gasteiger partial charge is 0.140 e. The molecule has 21 heavy (non-hydrogen) atoms. The summed E-state index contributed by atoms with van der Waals surface area (Å²) in [6.45, 7) is 2.27. The van der Waals surface area contributed by atoms with Gasteiger partial charge in [0.15, 0.2) is 0 Å². The summed E-state index contributed by atoms with van der Waals surface area (Å²) in [7, 11) is 0. The van der Waals surface area contributed by atoms with Gasteiger partial charge in [-0.15, -0.1) is 11.3 Å². The van der Waals surface area contributed by atoms with Crippen LogP contribution in [-0.2, 0) is 12.8 Å². The number of rotatable bonds is 6. The molecule has 0 fully saturated rings. The van der Waals surface area contributed by atoms with E-state index in [1.807, 2.05) is 11.3 Å². The lowest BCUT2D eigenvalue weighted by molar-refractivity contribution is 0.718. The average Bonchev–Trinajstić information content (AvgIpc) is 2.86. The summed E-state index contributed by atoms with van der Waals surface area (Å²) in [4.78, 5) is 1.55. The van der Waals surface area contributed by atoms with Gasteiger partial charge in [0.1, 0.15) is 0 Å². The average molecular weight is 294 g/mol. The summed E-state index contributed by atoms with van der Waals surface area (Å²) in [5.74, 6) is 0. The van der Waals surface area contributed by atoms with Crippen LogP contribution in [0.5, 0.6) is 0 Å². The van der Waals surface area contributed by atoms with Gasteiger partial charge in [-0.25, -0.2) is 0 Å². The Labute approximate surface area is 131 Å². The van der Waals surface area contributed by atoms with Gasteiger partial charge in [0.25, 0.3) is 0 Å². The standard InChI is InChI=1S/C20H22S/c1-2-3-5-12-18-17-13-8-9-14-19(17)21-20(18)15-16-10-6-4-7-11-16/h4,6-11,13-14H,2-3,5,12,15H2,1H3. The number of hydrogen-bond acceptors (Lipinski definition) is 1. The smallest absolute Gasteiger partial charge is 0.0348 e. The molecule has 0 unspecified atom stereocenters. The molecule has 0 saturated carbocycles. The summed E-state index contributed by atoms with van der Waals surface area (Å²) in [5, 5.41) is 1.48. The van der Waals surface area contributed by atoms with Crippen molar-refractivity contribution in [1.82, 2.24) is 0 Å². The molecule has 0 saturated heterocycles. The molecule has 1 heteroatoms. The van der Waals surface area contributed by atoms with Gasteiger partial charge in [0, 0.05) is 16.0 Å². The monoisotopic (exact) mass is 294 g/mol. The lowest BCUT2D eigenvalue weighted by atomic mass is 10.0. The highest BCUT2D eigenvalue weighted by atomic mass is 32.1. The van der Waals surface area contributed by atoms with Gasteiger partial charge in [-0.2, -0.15) is 0 Å². The van der Waals surface area contributed by atoms with Crippen molar-refractivity contribution in [2.75, 3.05) is 0 Å². The van der Waals surface area contributed by atoms with Crippen molar-refractivity contribution in [2.45, 2.75) is 39.0 Å². The molecule has 0 aliphatic rings. The molecule has 0 atom stereocenters. The second kappa shape index (κ2) is 6.91. The third-order valence-electron chi connectivity index (χ3n) is 4.02. The summed E-state index contributed by atoms with van der Waals surface area (Å²) in [5.41, 5.74) is 3.01. The summed E-state index contributed by atoms with van der Waals surface area (Å²) in [6, 6.07) is 19.7. The molecule has 1 heterocycles. The van der Waals surface area contributed by atoms with Gasteiger partial charge in [0.05, 0.1) is 0 Å². The van der Waals surface area contributed by atoms with E-state index in [0.717, 1.165) is 6.42 Å². The maximum Gasteiger partial charge on any atom is 0.0348 e. The normalized spacial score (nSPS) is 11.1. The Hall–Kier alpha value is -1.60. The summed E-state index contributed by atoms with van der Waals surface area (Å²) >= 11 is 1.98. The van der Waals surface area contributed by atoms with Crippen LogP contribution in [0.25, 0.3) is 10.1 Å². The molecule has 3 rings (SSSR count). The first-order valence-electron chi connectivity index (χ1n) is 7.91. The number of hydrogen-bond donors (Lipinski definition) is 0. The highest BCUT2D eigenvalue weighted by molar-refractivity contribution is 7.19. The fourth-order valence-electron chi connectivity index (χ4n) is 2.90. The molecular weight excluding hydrogens is 272 g/mol. The minimum atomic E-state index is 1.07. The predicted molar refractivity (Wildman–Crippen MR) is 94.3 cm³/mol. The van der Waals surface area contributed by atoms with Crippen LogP contribution in [0.3, 0.4) is 0 Å². The molecule has 1 aromatic heterocycles. The molecule has 0 aliphatic heterocycles. The minimum absolute atomic E-state index is 1.07. The molecule has 0 amide bonds. The number of benzene rings is 2. The van der Waals surface area contributed by atoms with Crippen LogP contribution in [0.2, 0.25) is 0 Å². The Balaban J connectivity index is 1.94.